The van der Waals surface area contributed by atoms with Gasteiger partial charge in [-0.05, 0) is 31.6 Å². The number of hydrogen-bond donors (Lipinski definition) is 1. The molecule has 0 unspecified atom stereocenters. The van der Waals surface area contributed by atoms with Crippen molar-refractivity contribution in [2.75, 3.05) is 32.8 Å². The maximum Gasteiger partial charge on any atom is 0.225 e. The molecule has 2 aliphatic rings. The van der Waals surface area contributed by atoms with Gasteiger partial charge in [0.2, 0.25) is 11.8 Å². The lowest BCUT2D eigenvalue weighted by molar-refractivity contribution is -0.143. The molecular weight excluding hydrogens is 268 g/mol. The van der Waals surface area contributed by atoms with Crippen LogP contribution >= 0.6 is 0 Å². The molecule has 0 aromatic rings. The second-order valence-electron chi connectivity index (χ2n) is 6.71. The van der Waals surface area contributed by atoms with Crippen molar-refractivity contribution in [3.8, 4) is 0 Å². The van der Waals surface area contributed by atoms with Crippen molar-refractivity contribution in [2.45, 2.75) is 39.5 Å². The second-order valence-corrected chi connectivity index (χ2v) is 6.71. The summed E-state index contributed by atoms with van der Waals surface area (Å²) in [5.41, 5.74) is 0. The molecule has 2 fully saturated rings. The lowest BCUT2D eigenvalue weighted by atomic mass is 9.92. The first-order chi connectivity index (χ1) is 10.0. The first kappa shape index (κ1) is 16.3. The van der Waals surface area contributed by atoms with E-state index >= 15 is 0 Å². The molecule has 0 saturated carbocycles. The van der Waals surface area contributed by atoms with Gasteiger partial charge in [-0.3, -0.25) is 9.59 Å². The van der Waals surface area contributed by atoms with Gasteiger partial charge in [-0.1, -0.05) is 13.8 Å². The van der Waals surface area contributed by atoms with Gasteiger partial charge in [0.25, 0.3) is 0 Å². The summed E-state index contributed by atoms with van der Waals surface area (Å²) in [6.45, 7) is 7.04. The summed E-state index contributed by atoms with van der Waals surface area (Å²) in [5, 5.41) is 9.15. The van der Waals surface area contributed by atoms with Crippen LogP contribution in [0.1, 0.15) is 39.5 Å². The number of carbonyl (C=O) groups excluding carboxylic acids is 2. The van der Waals surface area contributed by atoms with E-state index in [9.17, 15) is 9.59 Å². The molecule has 0 aromatic heterocycles. The van der Waals surface area contributed by atoms with Crippen molar-refractivity contribution >= 4 is 11.8 Å². The number of amides is 2. The largest absolute Gasteiger partial charge is 0.396 e. The highest BCUT2D eigenvalue weighted by Gasteiger charge is 2.32. The molecule has 2 heterocycles. The third-order valence-corrected chi connectivity index (χ3v) is 4.83. The first-order valence-electron chi connectivity index (χ1n) is 8.21. The monoisotopic (exact) mass is 296 g/mol. The SMILES string of the molecule is CC(C)C(=O)N1CCC(C(=O)N2CCC(CO)CC2)CC1. The molecule has 0 atom stereocenters. The minimum absolute atomic E-state index is 0.0368. The smallest absolute Gasteiger partial charge is 0.225 e. The third kappa shape index (κ3) is 3.96. The fourth-order valence-electron chi connectivity index (χ4n) is 3.31. The van der Waals surface area contributed by atoms with Crippen molar-refractivity contribution in [1.82, 2.24) is 9.80 Å². The van der Waals surface area contributed by atoms with E-state index in [-0.39, 0.29) is 30.3 Å². The summed E-state index contributed by atoms with van der Waals surface area (Å²) in [5.74, 6) is 0.925. The highest BCUT2D eigenvalue weighted by molar-refractivity contribution is 5.81. The summed E-state index contributed by atoms with van der Waals surface area (Å²) in [4.78, 5) is 28.3. The number of nitrogens with zero attached hydrogens (tertiary/aromatic N) is 2. The zero-order valence-electron chi connectivity index (χ0n) is 13.3. The van der Waals surface area contributed by atoms with Crippen LogP contribution < -0.4 is 0 Å². The molecule has 2 saturated heterocycles. The van der Waals surface area contributed by atoms with Crippen LogP contribution in [0.15, 0.2) is 0 Å². The molecular formula is C16H28N2O3. The van der Waals surface area contributed by atoms with Crippen LogP contribution in [-0.4, -0.2) is 59.5 Å². The van der Waals surface area contributed by atoms with E-state index in [0.717, 1.165) is 38.8 Å². The van der Waals surface area contributed by atoms with Gasteiger partial charge in [0, 0.05) is 44.6 Å². The van der Waals surface area contributed by atoms with Gasteiger partial charge < -0.3 is 14.9 Å². The Morgan fingerprint density at radius 2 is 1.52 bits per heavy atom. The quantitative estimate of drug-likeness (QED) is 0.849. The maximum atomic E-state index is 12.5. The topological polar surface area (TPSA) is 60.9 Å². The Morgan fingerprint density at radius 1 is 1.00 bits per heavy atom. The Hall–Kier alpha value is -1.10. The summed E-state index contributed by atoms with van der Waals surface area (Å²) in [6, 6.07) is 0. The molecule has 5 nitrogen and oxygen atoms in total. The Bertz CT molecular complexity index is 368. The van der Waals surface area contributed by atoms with E-state index in [0.29, 0.717) is 19.0 Å². The molecule has 0 bridgehead atoms. The van der Waals surface area contributed by atoms with E-state index < -0.39 is 0 Å². The number of aliphatic hydroxyl groups is 1. The molecule has 0 aliphatic carbocycles. The Balaban J connectivity index is 1.79. The fourth-order valence-corrected chi connectivity index (χ4v) is 3.31. The van der Waals surface area contributed by atoms with Crippen LogP contribution in [0, 0.1) is 17.8 Å². The van der Waals surface area contributed by atoms with Crippen LogP contribution in [-0.2, 0) is 9.59 Å². The average molecular weight is 296 g/mol. The fraction of sp³-hybridized carbons (Fsp3) is 0.875. The molecule has 2 rings (SSSR count). The van der Waals surface area contributed by atoms with Crippen LogP contribution in [0.3, 0.4) is 0 Å². The van der Waals surface area contributed by atoms with Gasteiger partial charge in [-0.2, -0.15) is 0 Å². The Labute approximate surface area is 127 Å². The lowest BCUT2D eigenvalue weighted by Crippen LogP contribution is -2.47. The minimum atomic E-state index is 0.0368. The number of aliphatic hydroxyl groups excluding tert-OH is 1. The molecule has 0 spiro atoms. The van der Waals surface area contributed by atoms with E-state index in [1.165, 1.54) is 0 Å². The van der Waals surface area contributed by atoms with Crippen LogP contribution in [0.2, 0.25) is 0 Å². The molecule has 21 heavy (non-hydrogen) atoms. The number of piperidine rings is 2. The molecule has 1 N–H and O–H groups in total. The van der Waals surface area contributed by atoms with Crippen molar-refractivity contribution < 1.29 is 14.7 Å². The molecule has 5 heteroatoms. The number of likely N-dealkylation sites (tertiary alicyclic amines) is 2. The predicted octanol–water partition coefficient (Wildman–Crippen LogP) is 1.11. The van der Waals surface area contributed by atoms with Gasteiger partial charge in [0.1, 0.15) is 0 Å². The molecule has 2 aliphatic heterocycles. The number of hydrogen-bond acceptors (Lipinski definition) is 3. The van der Waals surface area contributed by atoms with Crippen molar-refractivity contribution in [3.63, 3.8) is 0 Å². The van der Waals surface area contributed by atoms with E-state index in [4.69, 9.17) is 5.11 Å². The van der Waals surface area contributed by atoms with E-state index in [1.54, 1.807) is 0 Å². The lowest BCUT2D eigenvalue weighted by Gasteiger charge is -2.37. The Kier molecular flexibility index (Phi) is 5.62. The summed E-state index contributed by atoms with van der Waals surface area (Å²) in [6.07, 6.45) is 3.40. The Morgan fingerprint density at radius 3 is 2.00 bits per heavy atom. The third-order valence-electron chi connectivity index (χ3n) is 4.83. The average Bonchev–Trinajstić information content (AvgIpc) is 2.53. The second kappa shape index (κ2) is 7.25. The van der Waals surface area contributed by atoms with Crippen molar-refractivity contribution in [2.24, 2.45) is 17.8 Å². The van der Waals surface area contributed by atoms with Gasteiger partial charge in [-0.25, -0.2) is 0 Å². The standard InChI is InChI=1S/C16H28N2O3/c1-12(2)15(20)17-9-5-14(6-10-17)16(21)18-7-3-13(11-19)4-8-18/h12-14,19H,3-11H2,1-2H3. The maximum absolute atomic E-state index is 12.5. The predicted molar refractivity (Wildman–Crippen MR) is 80.5 cm³/mol. The summed E-state index contributed by atoms with van der Waals surface area (Å²) in [7, 11) is 0. The molecule has 2 amide bonds. The van der Waals surface area contributed by atoms with Gasteiger partial charge in [0.15, 0.2) is 0 Å². The molecule has 120 valence electrons. The van der Waals surface area contributed by atoms with Gasteiger partial charge in [0.05, 0.1) is 0 Å². The normalized spacial score (nSPS) is 21.9. The van der Waals surface area contributed by atoms with E-state index in [2.05, 4.69) is 0 Å². The highest BCUT2D eigenvalue weighted by Crippen LogP contribution is 2.24. The summed E-state index contributed by atoms with van der Waals surface area (Å²) >= 11 is 0. The van der Waals surface area contributed by atoms with E-state index in [1.807, 2.05) is 23.6 Å². The van der Waals surface area contributed by atoms with Crippen molar-refractivity contribution in [1.29, 1.82) is 0 Å². The highest BCUT2D eigenvalue weighted by atomic mass is 16.3. The number of rotatable bonds is 3. The zero-order chi connectivity index (χ0) is 15.4. The molecule has 0 aromatic carbocycles. The molecule has 0 radical (unpaired) electrons. The van der Waals surface area contributed by atoms with Gasteiger partial charge >= 0.3 is 0 Å². The number of carbonyl (C=O) groups is 2. The van der Waals surface area contributed by atoms with Crippen molar-refractivity contribution in [3.05, 3.63) is 0 Å². The van der Waals surface area contributed by atoms with Gasteiger partial charge in [-0.15, -0.1) is 0 Å². The summed E-state index contributed by atoms with van der Waals surface area (Å²) < 4.78 is 0. The minimum Gasteiger partial charge on any atom is -0.396 e. The van der Waals surface area contributed by atoms with Crippen LogP contribution in [0.25, 0.3) is 0 Å². The van der Waals surface area contributed by atoms with Crippen LogP contribution in [0.5, 0.6) is 0 Å². The first-order valence-corrected chi connectivity index (χ1v) is 8.21. The van der Waals surface area contributed by atoms with Crippen LogP contribution in [0.4, 0.5) is 0 Å². The zero-order valence-corrected chi connectivity index (χ0v) is 13.3.